The highest BCUT2D eigenvalue weighted by atomic mass is 16.5. The average molecular weight is 288 g/mol. The molecule has 6 heteroatoms. The van der Waals surface area contributed by atoms with Crippen LogP contribution in [0.1, 0.15) is 24.8 Å². The predicted molar refractivity (Wildman–Crippen MR) is 76.9 cm³/mol. The Morgan fingerprint density at radius 2 is 2.29 bits per heavy atom. The molecule has 1 fully saturated rings. The zero-order valence-electron chi connectivity index (χ0n) is 12.0. The molecule has 0 saturated carbocycles. The molecule has 2 N–H and O–H groups in total. The van der Waals surface area contributed by atoms with E-state index in [9.17, 15) is 4.79 Å². The van der Waals surface area contributed by atoms with E-state index in [0.717, 1.165) is 5.56 Å². The first-order chi connectivity index (χ1) is 10.2. The lowest BCUT2D eigenvalue weighted by Crippen LogP contribution is -2.58. The minimum absolute atomic E-state index is 0.107. The number of rotatable bonds is 5. The van der Waals surface area contributed by atoms with Crippen molar-refractivity contribution in [2.45, 2.75) is 31.3 Å². The number of hydrogen-bond acceptors (Lipinski definition) is 5. The number of ether oxygens (including phenoxy) is 1. The van der Waals surface area contributed by atoms with Crippen LogP contribution in [0.4, 0.5) is 0 Å². The lowest BCUT2D eigenvalue weighted by molar-refractivity contribution is -0.141. The van der Waals surface area contributed by atoms with Crippen molar-refractivity contribution in [3.05, 3.63) is 30.1 Å². The summed E-state index contributed by atoms with van der Waals surface area (Å²) in [4.78, 5) is 18.5. The van der Waals surface area contributed by atoms with Gasteiger partial charge in [0, 0.05) is 38.7 Å². The Labute approximate surface area is 124 Å². The second-order valence-corrected chi connectivity index (χ2v) is 5.26. The Hall–Kier alpha value is -1.97. The number of hydrogen-bond donors (Lipinski definition) is 1. The zero-order chi connectivity index (χ0) is 15.1. The van der Waals surface area contributed by atoms with Crippen LogP contribution in [0, 0.1) is 11.3 Å². The fourth-order valence-corrected chi connectivity index (χ4v) is 2.41. The summed E-state index contributed by atoms with van der Waals surface area (Å²) in [5, 5.41) is 8.79. The lowest BCUT2D eigenvalue weighted by Gasteiger charge is -2.36. The molecule has 1 aromatic rings. The average Bonchev–Trinajstić information content (AvgIpc) is 2.52. The smallest absolute Gasteiger partial charge is 0.243 e. The summed E-state index contributed by atoms with van der Waals surface area (Å²) in [5.41, 5.74) is 6.31. The van der Waals surface area contributed by atoms with Gasteiger partial charge in [-0.05, 0) is 24.5 Å². The first kappa shape index (κ1) is 15.4. The van der Waals surface area contributed by atoms with Crippen LogP contribution < -0.4 is 5.73 Å². The van der Waals surface area contributed by atoms with Crippen LogP contribution >= 0.6 is 0 Å². The number of amides is 1. The van der Waals surface area contributed by atoms with E-state index in [1.807, 2.05) is 12.1 Å². The van der Waals surface area contributed by atoms with Gasteiger partial charge in [0.05, 0.1) is 18.0 Å². The molecular weight excluding hydrogens is 268 g/mol. The maximum atomic E-state index is 12.7. The number of pyridine rings is 1. The minimum Gasteiger partial charge on any atom is -0.381 e. The largest absolute Gasteiger partial charge is 0.381 e. The molecule has 0 spiro atoms. The Morgan fingerprint density at radius 3 is 2.90 bits per heavy atom. The van der Waals surface area contributed by atoms with Crippen molar-refractivity contribution >= 4 is 5.91 Å². The van der Waals surface area contributed by atoms with Gasteiger partial charge in [0.2, 0.25) is 5.91 Å². The first-order valence-electron chi connectivity index (χ1n) is 7.07. The molecule has 0 radical (unpaired) electrons. The Morgan fingerprint density at radius 1 is 1.52 bits per heavy atom. The molecule has 1 aliphatic heterocycles. The van der Waals surface area contributed by atoms with Gasteiger partial charge in [0.25, 0.3) is 0 Å². The van der Waals surface area contributed by atoms with Crippen LogP contribution in [-0.4, -0.2) is 41.1 Å². The highest BCUT2D eigenvalue weighted by molar-refractivity contribution is 5.86. The molecule has 0 aliphatic carbocycles. The molecule has 1 aliphatic rings. The van der Waals surface area contributed by atoms with E-state index in [1.54, 1.807) is 17.3 Å². The van der Waals surface area contributed by atoms with Gasteiger partial charge in [-0.15, -0.1) is 0 Å². The summed E-state index contributed by atoms with van der Waals surface area (Å²) in [7, 11) is 0. The van der Waals surface area contributed by atoms with Crippen LogP contribution in [0.5, 0.6) is 0 Å². The van der Waals surface area contributed by atoms with E-state index >= 15 is 0 Å². The lowest BCUT2D eigenvalue weighted by atomic mass is 9.89. The van der Waals surface area contributed by atoms with Crippen LogP contribution in [0.3, 0.4) is 0 Å². The molecule has 1 amide bonds. The maximum Gasteiger partial charge on any atom is 0.243 e. The third kappa shape index (κ3) is 4.00. The van der Waals surface area contributed by atoms with Crippen LogP contribution in [0.25, 0.3) is 0 Å². The SMILES string of the molecule is N#CCCN(Cc1cccnc1)C(=O)C1(N)CCOCC1. The molecule has 2 heterocycles. The maximum absolute atomic E-state index is 12.7. The fraction of sp³-hybridized carbons (Fsp3) is 0.533. The number of aromatic nitrogens is 1. The van der Waals surface area contributed by atoms with E-state index in [4.69, 9.17) is 15.7 Å². The summed E-state index contributed by atoms with van der Waals surface area (Å²) < 4.78 is 5.28. The number of carbonyl (C=O) groups excluding carboxylic acids is 1. The number of nitriles is 1. The van der Waals surface area contributed by atoms with Crippen molar-refractivity contribution in [1.29, 1.82) is 5.26 Å². The second kappa shape index (κ2) is 7.16. The summed E-state index contributed by atoms with van der Waals surface area (Å²) in [6.07, 6.45) is 4.73. The Bertz CT molecular complexity index is 506. The summed E-state index contributed by atoms with van der Waals surface area (Å²) in [6.45, 7) is 1.81. The van der Waals surface area contributed by atoms with Gasteiger partial charge in [-0.1, -0.05) is 6.07 Å². The number of nitrogens with zero attached hydrogens (tertiary/aromatic N) is 3. The minimum atomic E-state index is -0.879. The summed E-state index contributed by atoms with van der Waals surface area (Å²) >= 11 is 0. The monoisotopic (exact) mass is 288 g/mol. The van der Waals surface area contributed by atoms with Gasteiger partial charge >= 0.3 is 0 Å². The second-order valence-electron chi connectivity index (χ2n) is 5.26. The highest BCUT2D eigenvalue weighted by Gasteiger charge is 2.38. The number of carbonyl (C=O) groups is 1. The topological polar surface area (TPSA) is 92.2 Å². The Kier molecular flexibility index (Phi) is 5.26. The molecule has 21 heavy (non-hydrogen) atoms. The van der Waals surface area contributed by atoms with Crippen molar-refractivity contribution in [3.63, 3.8) is 0 Å². The molecule has 0 bridgehead atoms. The first-order valence-corrected chi connectivity index (χ1v) is 7.07. The van der Waals surface area contributed by atoms with Crippen molar-refractivity contribution in [2.24, 2.45) is 5.73 Å². The summed E-state index contributed by atoms with van der Waals surface area (Å²) in [5.74, 6) is -0.107. The standard InChI is InChI=1S/C15H20N4O2/c16-6-2-8-19(12-13-3-1-7-18-11-13)14(20)15(17)4-9-21-10-5-15/h1,3,7,11H,2,4-5,8-10,12,17H2. The molecule has 0 aromatic carbocycles. The molecule has 1 saturated heterocycles. The van der Waals surface area contributed by atoms with Crippen molar-refractivity contribution in [2.75, 3.05) is 19.8 Å². The summed E-state index contributed by atoms with van der Waals surface area (Å²) in [6, 6.07) is 5.82. The zero-order valence-corrected chi connectivity index (χ0v) is 12.0. The fourth-order valence-electron chi connectivity index (χ4n) is 2.41. The van der Waals surface area contributed by atoms with Crippen LogP contribution in [-0.2, 0) is 16.1 Å². The van der Waals surface area contributed by atoms with Crippen molar-refractivity contribution < 1.29 is 9.53 Å². The molecule has 6 nitrogen and oxygen atoms in total. The Balaban J connectivity index is 2.11. The quantitative estimate of drug-likeness (QED) is 0.866. The van der Waals surface area contributed by atoms with Crippen LogP contribution in [0.2, 0.25) is 0 Å². The van der Waals surface area contributed by atoms with E-state index in [2.05, 4.69) is 11.1 Å². The van der Waals surface area contributed by atoms with Gasteiger partial charge in [0.1, 0.15) is 0 Å². The molecule has 0 unspecified atom stereocenters. The molecule has 0 atom stereocenters. The predicted octanol–water partition coefficient (Wildman–Crippen LogP) is 0.832. The number of nitrogens with two attached hydrogens (primary N) is 1. The van der Waals surface area contributed by atoms with Gasteiger partial charge in [-0.3, -0.25) is 9.78 Å². The van der Waals surface area contributed by atoms with Crippen molar-refractivity contribution in [3.8, 4) is 6.07 Å². The molecule has 112 valence electrons. The van der Waals surface area contributed by atoms with Crippen molar-refractivity contribution in [1.82, 2.24) is 9.88 Å². The highest BCUT2D eigenvalue weighted by Crippen LogP contribution is 2.21. The van der Waals surface area contributed by atoms with Gasteiger partial charge in [-0.2, -0.15) is 5.26 Å². The van der Waals surface area contributed by atoms with Crippen LogP contribution in [0.15, 0.2) is 24.5 Å². The van der Waals surface area contributed by atoms with Gasteiger partial charge in [0.15, 0.2) is 0 Å². The third-order valence-electron chi connectivity index (χ3n) is 3.69. The third-order valence-corrected chi connectivity index (χ3v) is 3.69. The van der Waals surface area contributed by atoms with E-state index < -0.39 is 5.54 Å². The van der Waals surface area contributed by atoms with E-state index in [1.165, 1.54) is 0 Å². The van der Waals surface area contributed by atoms with Gasteiger partial charge in [-0.25, -0.2) is 0 Å². The van der Waals surface area contributed by atoms with E-state index in [-0.39, 0.29) is 5.91 Å². The molecule has 1 aromatic heterocycles. The molecular formula is C15H20N4O2. The molecule has 2 rings (SSSR count). The van der Waals surface area contributed by atoms with Gasteiger partial charge < -0.3 is 15.4 Å². The van der Waals surface area contributed by atoms with E-state index in [0.29, 0.717) is 45.6 Å². The normalized spacial score (nSPS) is 17.0.